The summed E-state index contributed by atoms with van der Waals surface area (Å²) in [6, 6.07) is 7.29. The number of Topliss-reactive ketones (excluding diaryl/α,β-unsaturated/α-hetero) is 1. The SMILES string of the molecule is CCC(Cc1ccncc1)C(=O)c1cc(N)n2nc(-c3nccs3)nc2c1. The predicted octanol–water partition coefficient (Wildman–Crippen LogP) is 3.28. The van der Waals surface area contributed by atoms with Crippen molar-refractivity contribution in [3.05, 3.63) is 59.4 Å². The minimum absolute atomic E-state index is 0.0577. The van der Waals surface area contributed by atoms with Crippen LogP contribution in [0.2, 0.25) is 0 Å². The van der Waals surface area contributed by atoms with Crippen LogP contribution in [-0.2, 0) is 6.42 Å². The normalized spacial score (nSPS) is 12.3. The number of nitrogens with zero attached hydrogens (tertiary/aromatic N) is 5. The highest BCUT2D eigenvalue weighted by atomic mass is 32.1. The topological polar surface area (TPSA) is 99.1 Å². The third-order valence-electron chi connectivity index (χ3n) is 4.47. The van der Waals surface area contributed by atoms with Gasteiger partial charge in [-0.05, 0) is 42.7 Å². The molecule has 1 unspecified atom stereocenters. The Balaban J connectivity index is 1.66. The standard InChI is InChI=1S/C19H18N6OS/c1-2-13(9-12-3-5-21-6-4-12)17(26)14-10-15(20)25-16(11-14)23-18(24-25)19-22-7-8-27-19/h3-8,10-11,13H,2,9,20H2,1H3. The van der Waals surface area contributed by atoms with E-state index >= 15 is 0 Å². The molecule has 136 valence electrons. The summed E-state index contributed by atoms with van der Waals surface area (Å²) in [5, 5.41) is 6.98. The second kappa shape index (κ2) is 7.24. The Bertz CT molecular complexity index is 1070. The fourth-order valence-electron chi connectivity index (χ4n) is 3.04. The van der Waals surface area contributed by atoms with Crippen LogP contribution in [0.15, 0.2) is 48.2 Å². The quantitative estimate of drug-likeness (QED) is 0.517. The van der Waals surface area contributed by atoms with Crippen LogP contribution in [0, 0.1) is 5.92 Å². The average molecular weight is 378 g/mol. The summed E-state index contributed by atoms with van der Waals surface area (Å²) in [6.07, 6.45) is 6.60. The number of thiazole rings is 1. The monoisotopic (exact) mass is 378 g/mol. The summed E-state index contributed by atoms with van der Waals surface area (Å²) in [6.45, 7) is 2.02. The highest BCUT2D eigenvalue weighted by molar-refractivity contribution is 7.13. The zero-order valence-electron chi connectivity index (χ0n) is 14.7. The minimum Gasteiger partial charge on any atom is -0.384 e. The van der Waals surface area contributed by atoms with Crippen molar-refractivity contribution in [3.63, 3.8) is 0 Å². The Morgan fingerprint density at radius 1 is 1.26 bits per heavy atom. The van der Waals surface area contributed by atoms with Crippen LogP contribution >= 0.6 is 11.3 Å². The van der Waals surface area contributed by atoms with Crippen LogP contribution in [0.25, 0.3) is 16.5 Å². The van der Waals surface area contributed by atoms with Gasteiger partial charge in [-0.25, -0.2) is 9.97 Å². The molecule has 0 fully saturated rings. The third-order valence-corrected chi connectivity index (χ3v) is 5.24. The van der Waals surface area contributed by atoms with Crippen LogP contribution in [-0.4, -0.2) is 30.3 Å². The van der Waals surface area contributed by atoms with Gasteiger partial charge in [-0.15, -0.1) is 16.4 Å². The number of anilines is 1. The average Bonchev–Trinajstić information content (AvgIpc) is 3.36. The second-order valence-electron chi connectivity index (χ2n) is 6.24. The van der Waals surface area contributed by atoms with E-state index in [2.05, 4.69) is 20.1 Å². The van der Waals surface area contributed by atoms with Gasteiger partial charge in [0.15, 0.2) is 16.4 Å². The maximum Gasteiger partial charge on any atom is 0.211 e. The Labute approximate surface area is 159 Å². The van der Waals surface area contributed by atoms with Gasteiger partial charge in [-0.1, -0.05) is 6.92 Å². The van der Waals surface area contributed by atoms with E-state index in [1.807, 2.05) is 24.4 Å². The summed E-state index contributed by atoms with van der Waals surface area (Å²) < 4.78 is 1.54. The van der Waals surface area contributed by atoms with Crippen LogP contribution in [0.4, 0.5) is 5.82 Å². The number of ketones is 1. The Kier molecular flexibility index (Phi) is 4.64. The molecule has 4 aromatic heterocycles. The molecule has 27 heavy (non-hydrogen) atoms. The molecule has 8 heteroatoms. The van der Waals surface area contributed by atoms with Gasteiger partial charge in [0.05, 0.1) is 0 Å². The largest absolute Gasteiger partial charge is 0.384 e. The smallest absolute Gasteiger partial charge is 0.211 e. The van der Waals surface area contributed by atoms with Gasteiger partial charge in [0.2, 0.25) is 5.82 Å². The molecule has 4 rings (SSSR count). The molecule has 0 amide bonds. The van der Waals surface area contributed by atoms with E-state index in [1.165, 1.54) is 15.9 Å². The van der Waals surface area contributed by atoms with Crippen LogP contribution in [0.3, 0.4) is 0 Å². The fourth-order valence-corrected chi connectivity index (χ4v) is 3.60. The van der Waals surface area contributed by atoms with Crippen molar-refractivity contribution >= 4 is 28.6 Å². The van der Waals surface area contributed by atoms with Crippen molar-refractivity contribution in [2.24, 2.45) is 5.92 Å². The fraction of sp³-hybridized carbons (Fsp3) is 0.211. The summed E-state index contributed by atoms with van der Waals surface area (Å²) in [5.74, 6) is 0.813. The summed E-state index contributed by atoms with van der Waals surface area (Å²) >= 11 is 1.46. The lowest BCUT2D eigenvalue weighted by atomic mass is 9.90. The molecule has 4 heterocycles. The number of hydrogen-bond donors (Lipinski definition) is 1. The number of carbonyl (C=O) groups is 1. The molecule has 7 nitrogen and oxygen atoms in total. The molecule has 0 spiro atoms. The van der Waals surface area contributed by atoms with Crippen molar-refractivity contribution in [2.75, 3.05) is 5.73 Å². The first kappa shape index (κ1) is 17.3. The first-order chi connectivity index (χ1) is 13.2. The molecule has 0 bridgehead atoms. The number of rotatable bonds is 6. The number of aromatic nitrogens is 5. The minimum atomic E-state index is -0.129. The van der Waals surface area contributed by atoms with Crippen molar-refractivity contribution < 1.29 is 4.79 Å². The highest BCUT2D eigenvalue weighted by Crippen LogP contribution is 2.23. The van der Waals surface area contributed by atoms with Crippen molar-refractivity contribution in [1.82, 2.24) is 24.6 Å². The summed E-state index contributed by atoms with van der Waals surface area (Å²) in [4.78, 5) is 25.8. The molecule has 0 saturated carbocycles. The van der Waals surface area contributed by atoms with E-state index < -0.39 is 0 Å². The van der Waals surface area contributed by atoms with E-state index in [0.29, 0.717) is 29.3 Å². The molecule has 0 saturated heterocycles. The van der Waals surface area contributed by atoms with E-state index in [-0.39, 0.29) is 11.7 Å². The van der Waals surface area contributed by atoms with Gasteiger partial charge in [-0.2, -0.15) is 4.52 Å². The number of carbonyl (C=O) groups excluding carboxylic acids is 1. The number of pyridine rings is 2. The number of nitrogens with two attached hydrogens (primary N) is 1. The van der Waals surface area contributed by atoms with Gasteiger partial charge < -0.3 is 5.73 Å². The molecule has 0 radical (unpaired) electrons. The van der Waals surface area contributed by atoms with Crippen LogP contribution in [0.5, 0.6) is 0 Å². The second-order valence-corrected chi connectivity index (χ2v) is 7.14. The van der Waals surface area contributed by atoms with Gasteiger partial charge in [0.25, 0.3) is 0 Å². The highest BCUT2D eigenvalue weighted by Gasteiger charge is 2.21. The molecular weight excluding hydrogens is 360 g/mol. The maximum atomic E-state index is 13.1. The molecule has 4 aromatic rings. The van der Waals surface area contributed by atoms with Gasteiger partial charge in [0.1, 0.15) is 5.82 Å². The van der Waals surface area contributed by atoms with Crippen LogP contribution < -0.4 is 5.73 Å². The van der Waals surface area contributed by atoms with E-state index in [9.17, 15) is 4.79 Å². The Morgan fingerprint density at radius 2 is 2.07 bits per heavy atom. The molecule has 2 N–H and O–H groups in total. The number of fused-ring (bicyclic) bond motifs is 1. The maximum absolute atomic E-state index is 13.1. The predicted molar refractivity (Wildman–Crippen MR) is 105 cm³/mol. The summed E-state index contributed by atoms with van der Waals surface area (Å²) in [7, 11) is 0. The Hall–Kier alpha value is -3.13. The Morgan fingerprint density at radius 3 is 2.78 bits per heavy atom. The van der Waals surface area contributed by atoms with Gasteiger partial charge >= 0.3 is 0 Å². The van der Waals surface area contributed by atoms with E-state index in [4.69, 9.17) is 5.73 Å². The molecule has 0 aliphatic carbocycles. The van der Waals surface area contributed by atoms with Gasteiger partial charge in [0, 0.05) is 35.5 Å². The van der Waals surface area contributed by atoms with Crippen molar-refractivity contribution in [1.29, 1.82) is 0 Å². The molecule has 0 aliphatic heterocycles. The lowest BCUT2D eigenvalue weighted by Gasteiger charge is -2.14. The third kappa shape index (κ3) is 3.43. The van der Waals surface area contributed by atoms with Crippen molar-refractivity contribution in [3.8, 4) is 10.8 Å². The molecule has 0 aliphatic rings. The molecule has 1 atom stereocenters. The zero-order chi connectivity index (χ0) is 18.8. The molecular formula is C19H18N6OS. The van der Waals surface area contributed by atoms with Crippen LogP contribution in [0.1, 0.15) is 29.3 Å². The first-order valence-electron chi connectivity index (χ1n) is 8.65. The van der Waals surface area contributed by atoms with Crippen molar-refractivity contribution in [2.45, 2.75) is 19.8 Å². The molecule has 0 aromatic carbocycles. The lowest BCUT2D eigenvalue weighted by Crippen LogP contribution is -2.17. The number of hydrogen-bond acceptors (Lipinski definition) is 7. The summed E-state index contributed by atoms with van der Waals surface area (Å²) in [5.41, 5.74) is 8.33. The first-order valence-corrected chi connectivity index (χ1v) is 9.53. The van der Waals surface area contributed by atoms with Gasteiger partial charge in [-0.3, -0.25) is 9.78 Å². The zero-order valence-corrected chi connectivity index (χ0v) is 15.6. The number of nitrogen functional groups attached to an aromatic ring is 1. The van der Waals surface area contributed by atoms with E-state index in [0.717, 1.165) is 17.0 Å². The van der Waals surface area contributed by atoms with E-state index in [1.54, 1.807) is 30.7 Å². The lowest BCUT2D eigenvalue weighted by molar-refractivity contribution is 0.0916.